The van der Waals surface area contributed by atoms with Crippen LogP contribution in [0.1, 0.15) is 17.5 Å². The van der Waals surface area contributed by atoms with Gasteiger partial charge in [-0.25, -0.2) is 4.79 Å². The maximum absolute atomic E-state index is 11.4. The summed E-state index contributed by atoms with van der Waals surface area (Å²) in [7, 11) is 0. The molecule has 0 saturated heterocycles. The molecule has 2 rings (SSSR count). The van der Waals surface area contributed by atoms with Crippen LogP contribution in [0.2, 0.25) is 0 Å². The Kier molecular flexibility index (Phi) is 2.77. The second-order valence-corrected chi connectivity index (χ2v) is 3.84. The summed E-state index contributed by atoms with van der Waals surface area (Å²) in [5.41, 5.74) is 0.674. The van der Waals surface area contributed by atoms with Crippen molar-refractivity contribution in [3.8, 4) is 0 Å². The van der Waals surface area contributed by atoms with Gasteiger partial charge in [-0.2, -0.15) is 0 Å². The lowest BCUT2D eigenvalue weighted by atomic mass is 10.2. The van der Waals surface area contributed by atoms with Gasteiger partial charge in [-0.3, -0.25) is 0 Å². The number of benzene rings is 1. The van der Waals surface area contributed by atoms with Gasteiger partial charge in [-0.1, -0.05) is 22.0 Å². The molecule has 78 valence electrons. The number of halogens is 1. The van der Waals surface area contributed by atoms with Gasteiger partial charge in [0.2, 0.25) is 5.76 Å². The van der Waals surface area contributed by atoms with Crippen LogP contribution < -0.4 is 0 Å². The van der Waals surface area contributed by atoms with Gasteiger partial charge in [0.15, 0.2) is 0 Å². The second kappa shape index (κ2) is 4.06. The number of ether oxygens (including phenoxy) is 1. The SMILES string of the molecule is CCOC(=O)c1cc2c(Br)cccc2o1. The number of carbonyl (C=O) groups is 1. The van der Waals surface area contributed by atoms with Crippen LogP contribution in [0.5, 0.6) is 0 Å². The first-order valence-electron chi connectivity index (χ1n) is 4.57. The summed E-state index contributed by atoms with van der Waals surface area (Å²) in [6.07, 6.45) is 0. The number of carbonyl (C=O) groups excluding carboxylic acids is 1. The van der Waals surface area contributed by atoms with Crippen LogP contribution in [0.3, 0.4) is 0 Å². The Morgan fingerprint density at radius 1 is 1.53 bits per heavy atom. The van der Waals surface area contributed by atoms with E-state index in [4.69, 9.17) is 9.15 Å². The average Bonchev–Trinajstić information content (AvgIpc) is 2.63. The minimum Gasteiger partial charge on any atom is -0.460 e. The lowest BCUT2D eigenvalue weighted by Gasteiger charge is -1.95. The summed E-state index contributed by atoms with van der Waals surface area (Å²) < 4.78 is 11.1. The highest BCUT2D eigenvalue weighted by Gasteiger charge is 2.13. The molecule has 0 amide bonds. The van der Waals surface area contributed by atoms with E-state index < -0.39 is 5.97 Å². The Morgan fingerprint density at radius 3 is 3.00 bits per heavy atom. The molecule has 0 spiro atoms. The zero-order valence-electron chi connectivity index (χ0n) is 8.12. The first-order chi connectivity index (χ1) is 7.22. The van der Waals surface area contributed by atoms with E-state index in [1.807, 2.05) is 18.2 Å². The topological polar surface area (TPSA) is 39.4 Å². The third kappa shape index (κ3) is 1.90. The van der Waals surface area contributed by atoms with E-state index in [2.05, 4.69) is 15.9 Å². The number of hydrogen-bond donors (Lipinski definition) is 0. The molecule has 0 fully saturated rings. The van der Waals surface area contributed by atoms with Gasteiger partial charge in [0.05, 0.1) is 6.61 Å². The van der Waals surface area contributed by atoms with Crippen molar-refractivity contribution in [3.05, 3.63) is 34.5 Å². The largest absolute Gasteiger partial charge is 0.460 e. The van der Waals surface area contributed by atoms with E-state index in [1.54, 1.807) is 13.0 Å². The van der Waals surface area contributed by atoms with Crippen LogP contribution in [0.4, 0.5) is 0 Å². The van der Waals surface area contributed by atoms with Gasteiger partial charge in [-0.15, -0.1) is 0 Å². The molecule has 0 saturated carbocycles. The van der Waals surface area contributed by atoms with E-state index in [9.17, 15) is 4.79 Å². The molecule has 1 aromatic heterocycles. The smallest absolute Gasteiger partial charge is 0.374 e. The lowest BCUT2D eigenvalue weighted by Crippen LogP contribution is -2.02. The third-order valence-corrected chi connectivity index (χ3v) is 2.68. The zero-order valence-corrected chi connectivity index (χ0v) is 9.71. The van der Waals surface area contributed by atoms with Crippen molar-refractivity contribution in [1.82, 2.24) is 0 Å². The van der Waals surface area contributed by atoms with E-state index in [0.29, 0.717) is 12.2 Å². The van der Waals surface area contributed by atoms with Gasteiger partial charge in [0.25, 0.3) is 0 Å². The van der Waals surface area contributed by atoms with Gasteiger partial charge in [0.1, 0.15) is 5.58 Å². The summed E-state index contributed by atoms with van der Waals surface area (Å²) in [5.74, 6) is -0.195. The van der Waals surface area contributed by atoms with Crippen molar-refractivity contribution in [2.75, 3.05) is 6.61 Å². The van der Waals surface area contributed by atoms with Crippen LogP contribution in [0.25, 0.3) is 11.0 Å². The van der Waals surface area contributed by atoms with Crippen LogP contribution >= 0.6 is 15.9 Å². The Morgan fingerprint density at radius 2 is 2.33 bits per heavy atom. The quantitative estimate of drug-likeness (QED) is 0.784. The van der Waals surface area contributed by atoms with Gasteiger partial charge in [-0.05, 0) is 19.1 Å². The Hall–Kier alpha value is -1.29. The Bertz CT molecular complexity index is 502. The van der Waals surface area contributed by atoms with E-state index >= 15 is 0 Å². The van der Waals surface area contributed by atoms with Crippen molar-refractivity contribution < 1.29 is 13.9 Å². The van der Waals surface area contributed by atoms with Gasteiger partial charge < -0.3 is 9.15 Å². The summed E-state index contributed by atoms with van der Waals surface area (Å²) in [4.78, 5) is 11.4. The molecule has 15 heavy (non-hydrogen) atoms. The van der Waals surface area contributed by atoms with Crippen molar-refractivity contribution >= 4 is 32.9 Å². The molecule has 0 atom stereocenters. The van der Waals surface area contributed by atoms with Crippen LogP contribution in [-0.4, -0.2) is 12.6 Å². The standard InChI is InChI=1S/C11H9BrO3/c1-2-14-11(13)10-6-7-8(12)4-3-5-9(7)15-10/h3-6H,2H2,1H3. The highest BCUT2D eigenvalue weighted by Crippen LogP contribution is 2.27. The minimum absolute atomic E-state index is 0.235. The van der Waals surface area contributed by atoms with Crippen molar-refractivity contribution in [3.63, 3.8) is 0 Å². The average molecular weight is 269 g/mol. The van der Waals surface area contributed by atoms with Gasteiger partial charge >= 0.3 is 5.97 Å². The predicted molar refractivity (Wildman–Crippen MR) is 59.9 cm³/mol. The van der Waals surface area contributed by atoms with Crippen LogP contribution in [-0.2, 0) is 4.74 Å². The monoisotopic (exact) mass is 268 g/mol. The molecular formula is C11H9BrO3. The van der Waals surface area contributed by atoms with Crippen LogP contribution in [0, 0.1) is 0 Å². The predicted octanol–water partition coefficient (Wildman–Crippen LogP) is 3.37. The highest BCUT2D eigenvalue weighted by molar-refractivity contribution is 9.10. The summed E-state index contributed by atoms with van der Waals surface area (Å²) in [6, 6.07) is 7.23. The fourth-order valence-electron chi connectivity index (χ4n) is 1.33. The molecular weight excluding hydrogens is 260 g/mol. The van der Waals surface area contributed by atoms with Crippen molar-refractivity contribution in [2.45, 2.75) is 6.92 Å². The number of esters is 1. The molecule has 2 aromatic rings. The molecule has 0 bridgehead atoms. The maximum Gasteiger partial charge on any atom is 0.374 e. The molecule has 4 heteroatoms. The second-order valence-electron chi connectivity index (χ2n) is 2.98. The number of furan rings is 1. The maximum atomic E-state index is 11.4. The van der Waals surface area contributed by atoms with E-state index in [-0.39, 0.29) is 5.76 Å². The summed E-state index contributed by atoms with van der Waals surface area (Å²) in [6.45, 7) is 2.10. The zero-order chi connectivity index (χ0) is 10.8. The normalized spacial score (nSPS) is 10.5. The van der Waals surface area contributed by atoms with Crippen molar-refractivity contribution in [2.24, 2.45) is 0 Å². The van der Waals surface area contributed by atoms with Crippen molar-refractivity contribution in [1.29, 1.82) is 0 Å². The van der Waals surface area contributed by atoms with E-state index in [1.165, 1.54) is 0 Å². The molecule has 0 unspecified atom stereocenters. The third-order valence-electron chi connectivity index (χ3n) is 1.98. The number of hydrogen-bond acceptors (Lipinski definition) is 3. The molecule has 0 aliphatic rings. The molecule has 0 N–H and O–H groups in total. The molecule has 0 aliphatic carbocycles. The molecule has 1 aromatic carbocycles. The fourth-order valence-corrected chi connectivity index (χ4v) is 1.79. The first kappa shape index (κ1) is 10.2. The fraction of sp³-hybridized carbons (Fsp3) is 0.182. The molecule has 1 heterocycles. The minimum atomic E-state index is -0.430. The molecule has 3 nitrogen and oxygen atoms in total. The summed E-state index contributed by atoms with van der Waals surface area (Å²) >= 11 is 3.39. The highest BCUT2D eigenvalue weighted by atomic mass is 79.9. The van der Waals surface area contributed by atoms with Gasteiger partial charge in [0, 0.05) is 15.9 Å². The van der Waals surface area contributed by atoms with E-state index in [0.717, 1.165) is 9.86 Å². The number of rotatable bonds is 2. The molecule has 0 radical (unpaired) electrons. The van der Waals surface area contributed by atoms with Crippen LogP contribution in [0.15, 0.2) is 33.2 Å². The summed E-state index contributed by atoms with van der Waals surface area (Å²) in [5, 5.41) is 0.876. The lowest BCUT2D eigenvalue weighted by molar-refractivity contribution is 0.0492. The number of fused-ring (bicyclic) bond motifs is 1. The molecule has 0 aliphatic heterocycles. The Labute approximate surface area is 95.1 Å². The Balaban J connectivity index is 2.47. The first-order valence-corrected chi connectivity index (χ1v) is 5.37.